The summed E-state index contributed by atoms with van der Waals surface area (Å²) in [6.45, 7) is 4.43. The lowest BCUT2D eigenvalue weighted by Crippen LogP contribution is -2.42. The molecule has 1 aliphatic rings. The smallest absolute Gasteiger partial charge is 0.0402 e. The number of aliphatic hydroxyl groups is 1. The zero-order valence-corrected chi connectivity index (χ0v) is 8.51. The standard InChI is InChI=1S/C7H16N2.C2H6O/c1-8-7-4-3-5-9(2)6-7;1-2-3/h7-8H,3-6H2,1-2H3;3H,2H2,1H3. The maximum Gasteiger partial charge on any atom is 0.0402 e. The van der Waals surface area contributed by atoms with Gasteiger partial charge in [0.1, 0.15) is 0 Å². The molecule has 1 fully saturated rings. The van der Waals surface area contributed by atoms with Crippen molar-refractivity contribution >= 4 is 0 Å². The normalized spacial score (nSPS) is 24.5. The third-order valence-electron chi connectivity index (χ3n) is 2.03. The van der Waals surface area contributed by atoms with Gasteiger partial charge < -0.3 is 15.3 Å². The van der Waals surface area contributed by atoms with E-state index in [-0.39, 0.29) is 6.61 Å². The number of nitrogens with zero attached hydrogens (tertiary/aromatic N) is 1. The summed E-state index contributed by atoms with van der Waals surface area (Å²) in [6.07, 6.45) is 2.70. The van der Waals surface area contributed by atoms with Crippen molar-refractivity contribution in [3.8, 4) is 0 Å². The SMILES string of the molecule is CCO.CNC1CCCN(C)C1. The first-order valence-electron chi connectivity index (χ1n) is 4.71. The van der Waals surface area contributed by atoms with E-state index < -0.39 is 0 Å². The Hall–Kier alpha value is -0.120. The molecule has 0 aromatic rings. The fourth-order valence-electron chi connectivity index (χ4n) is 1.40. The number of likely N-dealkylation sites (tertiary alicyclic amines) is 1. The molecule has 0 bridgehead atoms. The average Bonchev–Trinajstić information content (AvgIpc) is 2.06. The second-order valence-electron chi connectivity index (χ2n) is 3.21. The molecule has 1 saturated heterocycles. The molecule has 0 aliphatic carbocycles. The first-order valence-corrected chi connectivity index (χ1v) is 4.71. The predicted octanol–water partition coefficient (Wildman–Crippen LogP) is 0.299. The summed E-state index contributed by atoms with van der Waals surface area (Å²) in [5.41, 5.74) is 0. The average molecular weight is 174 g/mol. The molecule has 0 aromatic heterocycles. The number of piperidine rings is 1. The monoisotopic (exact) mass is 174 g/mol. The molecule has 74 valence electrons. The van der Waals surface area contributed by atoms with Crippen molar-refractivity contribution < 1.29 is 5.11 Å². The van der Waals surface area contributed by atoms with Crippen LogP contribution in [-0.4, -0.2) is 49.8 Å². The van der Waals surface area contributed by atoms with Gasteiger partial charge in [0.25, 0.3) is 0 Å². The van der Waals surface area contributed by atoms with E-state index in [0.717, 1.165) is 6.04 Å². The highest BCUT2D eigenvalue weighted by Gasteiger charge is 2.13. The van der Waals surface area contributed by atoms with Crippen molar-refractivity contribution in [3.63, 3.8) is 0 Å². The van der Waals surface area contributed by atoms with Gasteiger partial charge in [-0.05, 0) is 40.4 Å². The Morgan fingerprint density at radius 1 is 1.58 bits per heavy atom. The van der Waals surface area contributed by atoms with Crippen molar-refractivity contribution in [1.82, 2.24) is 10.2 Å². The molecule has 0 spiro atoms. The van der Waals surface area contributed by atoms with Crippen LogP contribution in [0.5, 0.6) is 0 Å². The number of hydrogen-bond acceptors (Lipinski definition) is 3. The van der Waals surface area contributed by atoms with Gasteiger partial charge in [-0.25, -0.2) is 0 Å². The van der Waals surface area contributed by atoms with E-state index >= 15 is 0 Å². The summed E-state index contributed by atoms with van der Waals surface area (Å²) < 4.78 is 0. The largest absolute Gasteiger partial charge is 0.397 e. The van der Waals surface area contributed by atoms with Gasteiger partial charge in [0.2, 0.25) is 0 Å². The topological polar surface area (TPSA) is 35.5 Å². The van der Waals surface area contributed by atoms with E-state index in [0.29, 0.717) is 0 Å². The predicted molar refractivity (Wildman–Crippen MR) is 52.3 cm³/mol. The summed E-state index contributed by atoms with van der Waals surface area (Å²) >= 11 is 0. The summed E-state index contributed by atoms with van der Waals surface area (Å²) in [6, 6.07) is 0.740. The molecule has 1 heterocycles. The van der Waals surface area contributed by atoms with Crippen molar-refractivity contribution in [3.05, 3.63) is 0 Å². The Balaban J connectivity index is 0.000000354. The van der Waals surface area contributed by atoms with Gasteiger partial charge in [-0.15, -0.1) is 0 Å². The fraction of sp³-hybridized carbons (Fsp3) is 1.00. The van der Waals surface area contributed by atoms with Crippen LogP contribution in [-0.2, 0) is 0 Å². The van der Waals surface area contributed by atoms with Crippen LogP contribution in [0.3, 0.4) is 0 Å². The zero-order chi connectivity index (χ0) is 9.40. The molecule has 1 aliphatic heterocycles. The maximum atomic E-state index is 7.57. The van der Waals surface area contributed by atoms with E-state index in [9.17, 15) is 0 Å². The lowest BCUT2D eigenvalue weighted by molar-refractivity contribution is 0.234. The van der Waals surface area contributed by atoms with E-state index in [2.05, 4.69) is 17.3 Å². The highest BCUT2D eigenvalue weighted by Crippen LogP contribution is 2.06. The molecule has 0 saturated carbocycles. The lowest BCUT2D eigenvalue weighted by Gasteiger charge is -2.29. The molecule has 1 atom stereocenters. The Bertz CT molecular complexity index is 98.5. The van der Waals surface area contributed by atoms with Crippen molar-refractivity contribution in [2.45, 2.75) is 25.8 Å². The number of rotatable bonds is 1. The first kappa shape index (κ1) is 11.9. The van der Waals surface area contributed by atoms with E-state index in [4.69, 9.17) is 5.11 Å². The first-order chi connectivity index (χ1) is 5.74. The molecule has 3 heteroatoms. The highest BCUT2D eigenvalue weighted by atomic mass is 16.2. The van der Waals surface area contributed by atoms with Crippen molar-refractivity contribution in [2.75, 3.05) is 33.8 Å². The quantitative estimate of drug-likeness (QED) is 0.600. The van der Waals surface area contributed by atoms with Gasteiger partial charge in [0.05, 0.1) is 0 Å². The van der Waals surface area contributed by atoms with E-state index in [1.807, 2.05) is 7.05 Å². The van der Waals surface area contributed by atoms with Gasteiger partial charge in [0, 0.05) is 19.2 Å². The third-order valence-corrected chi connectivity index (χ3v) is 2.03. The van der Waals surface area contributed by atoms with Crippen molar-refractivity contribution in [2.24, 2.45) is 0 Å². The van der Waals surface area contributed by atoms with Crippen LogP contribution in [0.1, 0.15) is 19.8 Å². The minimum Gasteiger partial charge on any atom is -0.397 e. The van der Waals surface area contributed by atoms with E-state index in [1.165, 1.54) is 25.9 Å². The highest BCUT2D eigenvalue weighted by molar-refractivity contribution is 4.74. The van der Waals surface area contributed by atoms with Crippen LogP contribution in [0.25, 0.3) is 0 Å². The molecular formula is C9H22N2O. The number of aliphatic hydroxyl groups excluding tert-OH is 1. The van der Waals surface area contributed by atoms with Gasteiger partial charge in [0.15, 0.2) is 0 Å². The Morgan fingerprint density at radius 2 is 2.17 bits per heavy atom. The van der Waals surface area contributed by atoms with E-state index in [1.54, 1.807) is 6.92 Å². The third kappa shape index (κ3) is 5.52. The molecule has 1 rings (SSSR count). The molecule has 0 amide bonds. The maximum absolute atomic E-state index is 7.57. The van der Waals surface area contributed by atoms with Crippen LogP contribution in [0.2, 0.25) is 0 Å². The Kier molecular flexibility index (Phi) is 7.45. The number of nitrogens with one attached hydrogen (secondary N) is 1. The summed E-state index contributed by atoms with van der Waals surface area (Å²) in [7, 11) is 4.23. The Labute approximate surface area is 75.8 Å². The number of likely N-dealkylation sites (N-methyl/N-ethyl adjacent to an activating group) is 2. The van der Waals surface area contributed by atoms with Crippen LogP contribution in [0.4, 0.5) is 0 Å². The minimum atomic E-state index is 0.250. The second kappa shape index (κ2) is 7.53. The summed E-state index contributed by atoms with van der Waals surface area (Å²) in [4.78, 5) is 2.38. The van der Waals surface area contributed by atoms with Crippen molar-refractivity contribution in [1.29, 1.82) is 0 Å². The van der Waals surface area contributed by atoms with Gasteiger partial charge >= 0.3 is 0 Å². The van der Waals surface area contributed by atoms with Crippen LogP contribution < -0.4 is 5.32 Å². The molecular weight excluding hydrogens is 152 g/mol. The molecule has 0 radical (unpaired) electrons. The van der Waals surface area contributed by atoms with Gasteiger partial charge in [-0.1, -0.05) is 0 Å². The molecule has 1 unspecified atom stereocenters. The molecule has 3 nitrogen and oxygen atoms in total. The van der Waals surface area contributed by atoms with Crippen LogP contribution >= 0.6 is 0 Å². The Morgan fingerprint density at radius 3 is 2.50 bits per heavy atom. The summed E-state index contributed by atoms with van der Waals surface area (Å²) in [5, 5.41) is 10.9. The van der Waals surface area contributed by atoms with Crippen LogP contribution in [0.15, 0.2) is 0 Å². The minimum absolute atomic E-state index is 0.250. The molecule has 2 N–H and O–H groups in total. The lowest BCUT2D eigenvalue weighted by atomic mass is 10.1. The van der Waals surface area contributed by atoms with Gasteiger partial charge in [-0.3, -0.25) is 0 Å². The second-order valence-corrected chi connectivity index (χ2v) is 3.21. The fourth-order valence-corrected chi connectivity index (χ4v) is 1.40. The summed E-state index contributed by atoms with van der Waals surface area (Å²) in [5.74, 6) is 0. The molecule has 12 heavy (non-hydrogen) atoms. The number of hydrogen-bond donors (Lipinski definition) is 2. The zero-order valence-electron chi connectivity index (χ0n) is 8.51. The molecule has 0 aromatic carbocycles. The van der Waals surface area contributed by atoms with Crippen LogP contribution in [0, 0.1) is 0 Å². The van der Waals surface area contributed by atoms with Gasteiger partial charge in [-0.2, -0.15) is 0 Å².